The van der Waals surface area contributed by atoms with Crippen LogP contribution in [0.3, 0.4) is 0 Å². The minimum atomic E-state index is -1.65. The van der Waals surface area contributed by atoms with Crippen LogP contribution in [0, 0.1) is 36.4 Å². The molecule has 1 aromatic carbocycles. The molecule has 44 heavy (non-hydrogen) atoms. The maximum Gasteiger partial charge on any atom is 0.408 e. The number of H-pyrrole nitrogens is 1. The summed E-state index contributed by atoms with van der Waals surface area (Å²) in [5, 5.41) is 9.92. The van der Waals surface area contributed by atoms with Crippen LogP contribution in [0.15, 0.2) is 34.6 Å². The largest absolute Gasteiger partial charge is 0.460 e. The molecule has 0 spiro atoms. The zero-order chi connectivity index (χ0) is 32.8. The number of aromatic nitrogens is 3. The first-order valence-electron chi connectivity index (χ1n) is 14.6. The fraction of sp³-hybridized carbons (Fsp3) is 0.645. The van der Waals surface area contributed by atoms with E-state index in [1.54, 1.807) is 81.4 Å². The molecule has 2 N–H and O–H groups in total. The number of aromatic amines is 1. The molecule has 2 aliphatic carbocycles. The van der Waals surface area contributed by atoms with Gasteiger partial charge in [0.2, 0.25) is 0 Å². The number of thioether (sulfide) groups is 2. The molecule has 0 bridgehead atoms. The lowest BCUT2D eigenvalue weighted by atomic mass is 9.81. The Bertz CT molecular complexity index is 1380. The van der Waals surface area contributed by atoms with Crippen LogP contribution < -0.4 is 5.32 Å². The van der Waals surface area contributed by atoms with Crippen LogP contribution in [0.5, 0.6) is 0 Å². The zero-order valence-electron chi connectivity index (χ0n) is 26.9. The second kappa shape index (κ2) is 12.2. The van der Waals surface area contributed by atoms with E-state index >= 15 is 0 Å². The number of carbonyl (C=O) groups excluding carboxylic acids is 3. The Hall–Kier alpha value is -2.80. The number of carbonyl (C=O) groups is 3. The number of fused-ring (bicyclic) bond motifs is 1. The molecule has 2 saturated carbocycles. The van der Waals surface area contributed by atoms with Crippen molar-refractivity contribution in [3.8, 4) is 0 Å². The predicted molar refractivity (Wildman–Crippen MR) is 166 cm³/mol. The number of alkyl carbamates (subject to hydrolysis) is 1. The molecule has 13 heteroatoms. The third-order valence-corrected chi connectivity index (χ3v) is 9.73. The molecule has 6 atom stereocenters. The van der Waals surface area contributed by atoms with Gasteiger partial charge in [0, 0.05) is 27.7 Å². The molecule has 10 nitrogen and oxygen atoms in total. The number of hydrogen-bond donors (Lipinski definition) is 2. The zero-order valence-corrected chi connectivity index (χ0v) is 28.6. The van der Waals surface area contributed by atoms with Gasteiger partial charge in [-0.25, -0.2) is 19.0 Å². The molecule has 6 unspecified atom stereocenters. The number of halogens is 1. The normalized spacial score (nSPS) is 26.5. The Morgan fingerprint density at radius 3 is 2.18 bits per heavy atom. The van der Waals surface area contributed by atoms with Crippen molar-refractivity contribution in [3.63, 3.8) is 0 Å². The standard InChI is InChI=1S/C31H43FN4O6S2/c1-16-13-17(11-12-19(16)32)43-14-18-23(44-26-33-15-34-36-26)20-21(24(37)40-28(2,3)4)22(20)31(18,25(38)41-29(5,6)7)35-27(39)42-30(8,9)10/h11-13,15,18,20-23H,14H2,1-10H3,(H,35,39)(H,33,34,36). The summed E-state index contributed by atoms with van der Waals surface area (Å²) >= 11 is 2.80. The second-order valence-corrected chi connectivity index (χ2v) is 16.6. The van der Waals surface area contributed by atoms with Gasteiger partial charge >= 0.3 is 18.0 Å². The van der Waals surface area contributed by atoms with E-state index in [4.69, 9.17) is 14.2 Å². The van der Waals surface area contributed by atoms with Crippen LogP contribution in [0.4, 0.5) is 9.18 Å². The number of amides is 1. The number of nitrogens with zero attached hydrogens (tertiary/aromatic N) is 2. The molecule has 2 aromatic rings. The summed E-state index contributed by atoms with van der Waals surface area (Å²) in [6.45, 7) is 17.5. The Morgan fingerprint density at radius 2 is 1.64 bits per heavy atom. The van der Waals surface area contributed by atoms with Crippen molar-refractivity contribution in [1.29, 1.82) is 0 Å². The van der Waals surface area contributed by atoms with Gasteiger partial charge in [-0.1, -0.05) is 11.8 Å². The van der Waals surface area contributed by atoms with Gasteiger partial charge in [0.25, 0.3) is 0 Å². The number of rotatable bonds is 8. The van der Waals surface area contributed by atoms with Crippen molar-refractivity contribution in [2.75, 3.05) is 5.75 Å². The lowest BCUT2D eigenvalue weighted by Crippen LogP contribution is -2.64. The summed E-state index contributed by atoms with van der Waals surface area (Å²) in [6, 6.07) is 4.83. The quantitative estimate of drug-likeness (QED) is 0.201. The van der Waals surface area contributed by atoms with Gasteiger partial charge in [-0.05, 0) is 98.9 Å². The smallest absolute Gasteiger partial charge is 0.408 e. The van der Waals surface area contributed by atoms with E-state index < -0.39 is 58.1 Å². The molecule has 242 valence electrons. The molecular formula is C31H43FN4O6S2. The highest BCUT2D eigenvalue weighted by molar-refractivity contribution is 8.00. The summed E-state index contributed by atoms with van der Waals surface area (Å²) in [7, 11) is 0. The van der Waals surface area contributed by atoms with Crippen molar-refractivity contribution in [2.24, 2.45) is 23.7 Å². The van der Waals surface area contributed by atoms with Crippen LogP contribution in [-0.4, -0.2) is 66.6 Å². The molecule has 0 aliphatic heterocycles. The van der Waals surface area contributed by atoms with E-state index in [9.17, 15) is 18.8 Å². The summed E-state index contributed by atoms with van der Waals surface area (Å²) in [5.41, 5.74) is -3.67. The van der Waals surface area contributed by atoms with Gasteiger partial charge in [-0.3, -0.25) is 9.89 Å². The van der Waals surface area contributed by atoms with Gasteiger partial charge in [0.05, 0.1) is 5.92 Å². The molecule has 0 radical (unpaired) electrons. The molecule has 2 aliphatic rings. The number of benzene rings is 1. The first kappa shape index (κ1) is 34.1. The third-order valence-electron chi connectivity index (χ3n) is 7.28. The monoisotopic (exact) mass is 650 g/mol. The highest BCUT2D eigenvalue weighted by atomic mass is 32.2. The minimum Gasteiger partial charge on any atom is -0.460 e. The predicted octanol–water partition coefficient (Wildman–Crippen LogP) is 5.94. The second-order valence-electron chi connectivity index (χ2n) is 14.4. The Morgan fingerprint density at radius 1 is 1.00 bits per heavy atom. The van der Waals surface area contributed by atoms with E-state index in [-0.39, 0.29) is 17.0 Å². The Kier molecular flexibility index (Phi) is 9.44. The van der Waals surface area contributed by atoms with E-state index in [2.05, 4.69) is 20.5 Å². The average Bonchev–Trinajstić information content (AvgIpc) is 3.26. The maximum absolute atomic E-state index is 14.5. The van der Waals surface area contributed by atoms with Crippen LogP contribution in [0.1, 0.15) is 67.9 Å². The fourth-order valence-corrected chi connectivity index (χ4v) is 8.62. The van der Waals surface area contributed by atoms with Crippen molar-refractivity contribution >= 4 is 41.6 Å². The van der Waals surface area contributed by atoms with Crippen LogP contribution in [-0.2, 0) is 23.8 Å². The molecule has 2 fully saturated rings. The fourth-order valence-electron chi connectivity index (χ4n) is 5.79. The molecule has 1 heterocycles. The van der Waals surface area contributed by atoms with Crippen LogP contribution >= 0.6 is 23.5 Å². The van der Waals surface area contributed by atoms with Crippen LogP contribution in [0.25, 0.3) is 0 Å². The van der Waals surface area contributed by atoms with Crippen molar-refractivity contribution < 1.29 is 33.0 Å². The van der Waals surface area contributed by atoms with Gasteiger partial charge in [0.1, 0.15) is 34.5 Å². The summed E-state index contributed by atoms with van der Waals surface area (Å²) in [6.07, 6.45) is 0.591. The summed E-state index contributed by atoms with van der Waals surface area (Å²) < 4.78 is 31.6. The highest BCUT2D eigenvalue weighted by Gasteiger charge is 2.80. The number of nitrogens with one attached hydrogen (secondary N) is 2. The van der Waals surface area contributed by atoms with Crippen molar-refractivity contribution in [2.45, 2.75) is 107 Å². The van der Waals surface area contributed by atoms with Crippen LogP contribution in [0.2, 0.25) is 0 Å². The third kappa shape index (κ3) is 7.70. The van der Waals surface area contributed by atoms with E-state index in [0.29, 0.717) is 16.5 Å². The molecular weight excluding hydrogens is 607 g/mol. The first-order chi connectivity index (χ1) is 20.2. The van der Waals surface area contributed by atoms with Gasteiger partial charge in [-0.15, -0.1) is 11.8 Å². The Balaban J connectivity index is 1.84. The van der Waals surface area contributed by atoms with Crippen molar-refractivity contribution in [3.05, 3.63) is 35.9 Å². The first-order valence-corrected chi connectivity index (χ1v) is 16.5. The maximum atomic E-state index is 14.5. The number of hydrogen-bond acceptors (Lipinski definition) is 10. The number of aryl methyl sites for hydroxylation is 1. The van der Waals surface area contributed by atoms with E-state index in [1.807, 2.05) is 0 Å². The summed E-state index contributed by atoms with van der Waals surface area (Å²) in [5.74, 6) is -3.34. The minimum absolute atomic E-state index is 0.315. The molecule has 1 aromatic heterocycles. The highest BCUT2D eigenvalue weighted by Crippen LogP contribution is 2.69. The number of esters is 2. The van der Waals surface area contributed by atoms with Gasteiger partial charge in [0.15, 0.2) is 5.16 Å². The molecule has 0 saturated heterocycles. The summed E-state index contributed by atoms with van der Waals surface area (Å²) in [4.78, 5) is 46.8. The van der Waals surface area contributed by atoms with Crippen molar-refractivity contribution in [1.82, 2.24) is 20.5 Å². The lowest BCUT2D eigenvalue weighted by Gasteiger charge is -2.41. The van der Waals surface area contributed by atoms with Gasteiger partial charge in [-0.2, -0.15) is 5.10 Å². The number of ether oxygens (including phenoxy) is 3. The molecule has 4 rings (SSSR count). The Labute approximate surface area is 266 Å². The van der Waals surface area contributed by atoms with Gasteiger partial charge < -0.3 is 19.5 Å². The SMILES string of the molecule is Cc1cc(SCC2C(Sc3ncn[nH]3)C3C(C(=O)OC(C)(C)C)C3C2(NC(=O)OC(C)(C)C)C(=O)OC(C)(C)C)ccc1F. The van der Waals surface area contributed by atoms with E-state index in [0.717, 1.165) is 4.90 Å². The average molecular weight is 651 g/mol. The van der Waals surface area contributed by atoms with E-state index in [1.165, 1.54) is 35.9 Å². The molecule has 1 amide bonds. The topological polar surface area (TPSA) is 132 Å². The lowest BCUT2D eigenvalue weighted by molar-refractivity contribution is -0.167.